The van der Waals surface area contributed by atoms with E-state index in [1.165, 1.54) is 6.07 Å². The molecule has 1 heterocycles. The van der Waals surface area contributed by atoms with E-state index in [1.807, 2.05) is 0 Å². The van der Waals surface area contributed by atoms with Gasteiger partial charge in [-0.3, -0.25) is 0 Å². The minimum absolute atomic E-state index is 0.0282. The van der Waals surface area contributed by atoms with Crippen molar-refractivity contribution in [3.8, 4) is 0 Å². The minimum atomic E-state index is -1.11. The lowest BCUT2D eigenvalue weighted by Crippen LogP contribution is -2.32. The van der Waals surface area contributed by atoms with Gasteiger partial charge in [-0.05, 0) is 31.5 Å². The molecule has 0 spiro atoms. The highest BCUT2D eigenvalue weighted by molar-refractivity contribution is 9.10. The van der Waals surface area contributed by atoms with Gasteiger partial charge in [-0.2, -0.15) is 0 Å². The summed E-state index contributed by atoms with van der Waals surface area (Å²) in [5.74, 6) is -1.62. The molecule has 2 rings (SSSR count). The van der Waals surface area contributed by atoms with Gasteiger partial charge in [-0.15, -0.1) is 0 Å². The summed E-state index contributed by atoms with van der Waals surface area (Å²) in [5.41, 5.74) is -0.0759. The first kappa shape index (κ1) is 11.3. The lowest BCUT2D eigenvalue weighted by Gasteiger charge is -2.19. The van der Waals surface area contributed by atoms with Gasteiger partial charge in [-0.1, -0.05) is 15.9 Å². The van der Waals surface area contributed by atoms with Crippen LogP contribution in [-0.4, -0.2) is 16.8 Å². The standard InChI is InChI=1S/C11H9BrFNO2/c1-11(2)6-3-5(12)4-7(13)8(6)14-9(11)10(15)16/h3-4H,1-2H3,(H,15,16). The number of aliphatic imine (C=N–C) groups is 1. The Labute approximate surface area is 100 Å². The molecule has 1 N–H and O–H groups in total. The van der Waals surface area contributed by atoms with Gasteiger partial charge in [0.25, 0.3) is 0 Å². The molecule has 0 unspecified atom stereocenters. The highest BCUT2D eigenvalue weighted by Crippen LogP contribution is 2.42. The molecule has 0 fully saturated rings. The fourth-order valence-electron chi connectivity index (χ4n) is 1.85. The average molecular weight is 286 g/mol. The highest BCUT2D eigenvalue weighted by atomic mass is 79.9. The third kappa shape index (κ3) is 1.46. The van der Waals surface area contributed by atoms with Gasteiger partial charge < -0.3 is 5.11 Å². The zero-order chi connectivity index (χ0) is 12.1. The molecular weight excluding hydrogens is 277 g/mol. The summed E-state index contributed by atoms with van der Waals surface area (Å²) in [5, 5.41) is 9.02. The van der Waals surface area contributed by atoms with Crippen molar-refractivity contribution in [3.05, 3.63) is 28.0 Å². The SMILES string of the molecule is CC1(C)C(C(=O)O)=Nc2c(F)cc(Br)cc21. The van der Waals surface area contributed by atoms with Crippen molar-refractivity contribution in [2.75, 3.05) is 0 Å². The lowest BCUT2D eigenvalue weighted by atomic mass is 9.81. The largest absolute Gasteiger partial charge is 0.477 e. The van der Waals surface area contributed by atoms with E-state index in [2.05, 4.69) is 20.9 Å². The number of hydrogen-bond donors (Lipinski definition) is 1. The maximum Gasteiger partial charge on any atom is 0.351 e. The fraction of sp³-hybridized carbons (Fsp3) is 0.273. The number of aliphatic carboxylic acids is 1. The molecular formula is C11H9BrFNO2. The van der Waals surface area contributed by atoms with Crippen LogP contribution in [0.3, 0.4) is 0 Å². The van der Waals surface area contributed by atoms with E-state index in [1.54, 1.807) is 19.9 Å². The third-order valence-corrected chi connectivity index (χ3v) is 3.18. The molecule has 84 valence electrons. The molecule has 0 aromatic heterocycles. The second kappa shape index (κ2) is 3.38. The number of rotatable bonds is 1. The Morgan fingerprint density at radius 1 is 1.50 bits per heavy atom. The van der Waals surface area contributed by atoms with Crippen LogP contribution in [0.4, 0.5) is 10.1 Å². The first-order chi connectivity index (χ1) is 7.34. The number of carboxylic acids is 1. The first-order valence-corrected chi connectivity index (χ1v) is 5.45. The second-order valence-corrected chi connectivity index (χ2v) is 5.09. The Hall–Kier alpha value is -1.23. The monoisotopic (exact) mass is 285 g/mol. The number of nitrogens with zero attached hydrogens (tertiary/aromatic N) is 1. The van der Waals surface area contributed by atoms with Crippen LogP contribution in [0.5, 0.6) is 0 Å². The molecule has 0 saturated heterocycles. The Morgan fingerprint density at radius 2 is 2.12 bits per heavy atom. The number of carbonyl (C=O) groups is 1. The predicted octanol–water partition coefficient (Wildman–Crippen LogP) is 3.04. The van der Waals surface area contributed by atoms with E-state index in [-0.39, 0.29) is 11.4 Å². The van der Waals surface area contributed by atoms with Gasteiger partial charge in [0.1, 0.15) is 17.2 Å². The van der Waals surface area contributed by atoms with Crippen molar-refractivity contribution in [2.45, 2.75) is 19.3 Å². The lowest BCUT2D eigenvalue weighted by molar-refractivity contribution is -0.129. The van der Waals surface area contributed by atoms with Gasteiger partial charge in [-0.25, -0.2) is 14.2 Å². The first-order valence-electron chi connectivity index (χ1n) is 4.66. The maximum atomic E-state index is 13.6. The van der Waals surface area contributed by atoms with E-state index >= 15 is 0 Å². The number of fused-ring (bicyclic) bond motifs is 1. The normalized spacial score (nSPS) is 16.9. The van der Waals surface area contributed by atoms with E-state index in [9.17, 15) is 9.18 Å². The van der Waals surface area contributed by atoms with Crippen LogP contribution in [0.2, 0.25) is 0 Å². The van der Waals surface area contributed by atoms with Crippen LogP contribution in [0.15, 0.2) is 21.6 Å². The van der Waals surface area contributed by atoms with Crippen LogP contribution >= 0.6 is 15.9 Å². The summed E-state index contributed by atoms with van der Waals surface area (Å²) in [6.45, 7) is 3.44. The van der Waals surface area contributed by atoms with Crippen molar-refractivity contribution < 1.29 is 14.3 Å². The molecule has 0 atom stereocenters. The highest BCUT2D eigenvalue weighted by Gasteiger charge is 2.40. The van der Waals surface area contributed by atoms with E-state index in [0.29, 0.717) is 10.0 Å². The minimum Gasteiger partial charge on any atom is -0.477 e. The van der Waals surface area contributed by atoms with Gasteiger partial charge >= 0.3 is 5.97 Å². The maximum absolute atomic E-state index is 13.6. The molecule has 16 heavy (non-hydrogen) atoms. The quantitative estimate of drug-likeness (QED) is 0.862. The van der Waals surface area contributed by atoms with Crippen LogP contribution in [0, 0.1) is 5.82 Å². The third-order valence-electron chi connectivity index (χ3n) is 2.72. The van der Waals surface area contributed by atoms with E-state index in [0.717, 1.165) is 0 Å². The smallest absolute Gasteiger partial charge is 0.351 e. The van der Waals surface area contributed by atoms with Gasteiger partial charge in [0.2, 0.25) is 0 Å². The van der Waals surface area contributed by atoms with Crippen LogP contribution in [0.25, 0.3) is 0 Å². The molecule has 0 saturated carbocycles. The Morgan fingerprint density at radius 3 is 2.69 bits per heavy atom. The van der Waals surface area contributed by atoms with Gasteiger partial charge in [0, 0.05) is 9.89 Å². The summed E-state index contributed by atoms with van der Waals surface area (Å²) in [4.78, 5) is 14.9. The van der Waals surface area contributed by atoms with E-state index < -0.39 is 17.2 Å². The molecule has 0 bridgehead atoms. The topological polar surface area (TPSA) is 49.7 Å². The van der Waals surface area contributed by atoms with E-state index in [4.69, 9.17) is 5.11 Å². The predicted molar refractivity (Wildman–Crippen MR) is 61.9 cm³/mol. The number of benzene rings is 1. The number of carboxylic acid groups (broad SMARTS) is 1. The molecule has 1 aromatic carbocycles. The van der Waals surface area contributed by atoms with Crippen molar-refractivity contribution >= 4 is 33.3 Å². The van der Waals surface area contributed by atoms with Crippen molar-refractivity contribution in [3.63, 3.8) is 0 Å². The number of hydrogen-bond acceptors (Lipinski definition) is 2. The summed E-state index contributed by atoms with van der Waals surface area (Å²) in [6.07, 6.45) is 0. The Balaban J connectivity index is 2.71. The van der Waals surface area contributed by atoms with Gasteiger partial charge in [0.15, 0.2) is 0 Å². The molecule has 5 heteroatoms. The average Bonchev–Trinajstić information content (AvgIpc) is 2.39. The summed E-state index contributed by atoms with van der Waals surface area (Å²) in [7, 11) is 0. The molecule has 0 aliphatic carbocycles. The molecule has 0 radical (unpaired) electrons. The van der Waals surface area contributed by atoms with Crippen LogP contribution in [0.1, 0.15) is 19.4 Å². The van der Waals surface area contributed by atoms with Crippen LogP contribution in [-0.2, 0) is 10.2 Å². The second-order valence-electron chi connectivity index (χ2n) is 4.17. The summed E-state index contributed by atoms with van der Waals surface area (Å²) in [6, 6.07) is 2.99. The van der Waals surface area contributed by atoms with Crippen molar-refractivity contribution in [2.24, 2.45) is 4.99 Å². The van der Waals surface area contributed by atoms with Gasteiger partial charge in [0.05, 0.1) is 0 Å². The van der Waals surface area contributed by atoms with Crippen molar-refractivity contribution in [1.82, 2.24) is 0 Å². The van der Waals surface area contributed by atoms with Crippen molar-refractivity contribution in [1.29, 1.82) is 0 Å². The molecule has 1 aliphatic heterocycles. The molecule has 0 amide bonds. The number of halogens is 2. The molecule has 1 aliphatic rings. The van der Waals surface area contributed by atoms with Crippen LogP contribution < -0.4 is 0 Å². The Kier molecular flexibility index (Phi) is 2.38. The summed E-state index contributed by atoms with van der Waals surface area (Å²) >= 11 is 3.19. The Bertz CT molecular complexity index is 523. The molecule has 3 nitrogen and oxygen atoms in total. The zero-order valence-electron chi connectivity index (χ0n) is 8.71. The molecule has 1 aromatic rings. The summed E-state index contributed by atoms with van der Waals surface area (Å²) < 4.78 is 14.2. The fourth-order valence-corrected chi connectivity index (χ4v) is 2.28. The zero-order valence-corrected chi connectivity index (χ0v) is 10.3.